The van der Waals surface area contributed by atoms with Gasteiger partial charge in [-0.1, -0.05) is 0 Å². The van der Waals surface area contributed by atoms with Crippen LogP contribution in [0.25, 0.3) is 0 Å². The van der Waals surface area contributed by atoms with Crippen LogP contribution in [0.1, 0.15) is 19.3 Å². The number of piperidine rings is 1. The quantitative estimate of drug-likeness (QED) is 0.760. The van der Waals surface area contributed by atoms with Gasteiger partial charge in [-0.3, -0.25) is 0 Å². The average Bonchev–Trinajstić information content (AvgIpc) is 2.40. The van der Waals surface area contributed by atoms with E-state index in [0.717, 1.165) is 5.92 Å². The SMILES string of the molecule is CN1CCCC(CN(C)CCCN2CCNCC2)C1. The molecule has 0 aromatic carbocycles. The molecule has 2 fully saturated rings. The molecular weight excluding hydrogens is 236 g/mol. The normalized spacial score (nSPS) is 27.0. The Morgan fingerprint density at radius 1 is 1.21 bits per heavy atom. The van der Waals surface area contributed by atoms with E-state index in [4.69, 9.17) is 0 Å². The van der Waals surface area contributed by atoms with Gasteiger partial charge in [0.15, 0.2) is 0 Å². The Labute approximate surface area is 119 Å². The standard InChI is InChI=1S/C15H32N4/c1-17-8-3-5-15(13-17)14-18(2)9-4-10-19-11-6-16-7-12-19/h15-16H,3-14H2,1-2H3. The van der Waals surface area contributed by atoms with E-state index < -0.39 is 0 Å². The van der Waals surface area contributed by atoms with Crippen LogP contribution in [0.2, 0.25) is 0 Å². The molecule has 2 aliphatic rings. The van der Waals surface area contributed by atoms with E-state index in [-0.39, 0.29) is 0 Å². The van der Waals surface area contributed by atoms with Crippen molar-refractivity contribution in [2.75, 3.05) is 73.0 Å². The predicted octanol–water partition coefficient (Wildman–Crippen LogP) is 0.555. The monoisotopic (exact) mass is 268 g/mol. The topological polar surface area (TPSA) is 21.8 Å². The van der Waals surface area contributed by atoms with Crippen molar-refractivity contribution < 1.29 is 0 Å². The van der Waals surface area contributed by atoms with Crippen molar-refractivity contribution in [2.24, 2.45) is 5.92 Å². The molecular formula is C15H32N4. The molecule has 4 heteroatoms. The third-order valence-corrected chi connectivity index (χ3v) is 4.52. The lowest BCUT2D eigenvalue weighted by Crippen LogP contribution is -2.44. The van der Waals surface area contributed by atoms with Gasteiger partial charge >= 0.3 is 0 Å². The second-order valence-electron chi connectivity index (χ2n) is 6.48. The van der Waals surface area contributed by atoms with Gasteiger partial charge in [0.2, 0.25) is 0 Å². The number of nitrogens with zero attached hydrogens (tertiary/aromatic N) is 3. The molecule has 0 radical (unpaired) electrons. The van der Waals surface area contributed by atoms with Crippen molar-refractivity contribution >= 4 is 0 Å². The van der Waals surface area contributed by atoms with Gasteiger partial charge in [0, 0.05) is 39.3 Å². The Morgan fingerprint density at radius 3 is 2.74 bits per heavy atom. The molecule has 2 rings (SSSR count). The second kappa shape index (κ2) is 8.20. The highest BCUT2D eigenvalue weighted by Gasteiger charge is 2.18. The van der Waals surface area contributed by atoms with Gasteiger partial charge in [0.25, 0.3) is 0 Å². The first kappa shape index (κ1) is 15.2. The van der Waals surface area contributed by atoms with E-state index >= 15 is 0 Å². The maximum absolute atomic E-state index is 3.42. The fraction of sp³-hybridized carbons (Fsp3) is 1.00. The summed E-state index contributed by atoms with van der Waals surface area (Å²) in [4.78, 5) is 7.63. The van der Waals surface area contributed by atoms with Gasteiger partial charge in [0.1, 0.15) is 0 Å². The van der Waals surface area contributed by atoms with E-state index in [1.807, 2.05) is 0 Å². The van der Waals surface area contributed by atoms with Crippen molar-refractivity contribution in [3.63, 3.8) is 0 Å². The summed E-state index contributed by atoms with van der Waals surface area (Å²) in [5.41, 5.74) is 0. The highest BCUT2D eigenvalue weighted by molar-refractivity contribution is 4.73. The highest BCUT2D eigenvalue weighted by atomic mass is 15.2. The zero-order valence-corrected chi connectivity index (χ0v) is 12.9. The largest absolute Gasteiger partial charge is 0.314 e. The predicted molar refractivity (Wildman–Crippen MR) is 81.6 cm³/mol. The zero-order valence-electron chi connectivity index (χ0n) is 12.9. The maximum Gasteiger partial charge on any atom is 0.0107 e. The Balaban J connectivity index is 1.54. The molecule has 112 valence electrons. The van der Waals surface area contributed by atoms with Crippen molar-refractivity contribution in [1.82, 2.24) is 20.0 Å². The number of hydrogen-bond acceptors (Lipinski definition) is 4. The molecule has 0 saturated carbocycles. The fourth-order valence-electron chi connectivity index (χ4n) is 3.45. The molecule has 4 nitrogen and oxygen atoms in total. The number of hydrogen-bond donors (Lipinski definition) is 1. The molecule has 0 aromatic rings. The van der Waals surface area contributed by atoms with E-state index in [0.29, 0.717) is 0 Å². The van der Waals surface area contributed by atoms with Crippen LogP contribution in [0.3, 0.4) is 0 Å². The highest BCUT2D eigenvalue weighted by Crippen LogP contribution is 2.15. The van der Waals surface area contributed by atoms with Gasteiger partial charge in [-0.2, -0.15) is 0 Å². The Bertz CT molecular complexity index is 240. The molecule has 0 bridgehead atoms. The van der Waals surface area contributed by atoms with Gasteiger partial charge < -0.3 is 20.0 Å². The summed E-state index contributed by atoms with van der Waals surface area (Å²) in [7, 11) is 4.56. The van der Waals surface area contributed by atoms with Crippen molar-refractivity contribution in [3.8, 4) is 0 Å². The van der Waals surface area contributed by atoms with Gasteiger partial charge in [-0.25, -0.2) is 0 Å². The second-order valence-corrected chi connectivity index (χ2v) is 6.48. The summed E-state index contributed by atoms with van der Waals surface area (Å²) in [6.45, 7) is 11.2. The third-order valence-electron chi connectivity index (χ3n) is 4.52. The summed E-state index contributed by atoms with van der Waals surface area (Å²) in [5.74, 6) is 0.892. The number of piperazine rings is 1. The van der Waals surface area contributed by atoms with E-state index in [1.54, 1.807) is 0 Å². The van der Waals surface area contributed by atoms with Gasteiger partial charge in [0.05, 0.1) is 0 Å². The van der Waals surface area contributed by atoms with Gasteiger partial charge in [-0.15, -0.1) is 0 Å². The summed E-state index contributed by atoms with van der Waals surface area (Å²) < 4.78 is 0. The summed E-state index contributed by atoms with van der Waals surface area (Å²) in [6.07, 6.45) is 4.13. The van der Waals surface area contributed by atoms with Crippen molar-refractivity contribution in [2.45, 2.75) is 19.3 Å². The first-order chi connectivity index (χ1) is 9.24. The first-order valence-electron chi connectivity index (χ1n) is 8.04. The molecule has 0 aliphatic carbocycles. The minimum Gasteiger partial charge on any atom is -0.314 e. The molecule has 1 atom stereocenters. The average molecular weight is 268 g/mol. The van der Waals surface area contributed by atoms with Crippen molar-refractivity contribution in [3.05, 3.63) is 0 Å². The van der Waals surface area contributed by atoms with Crippen LogP contribution in [0.4, 0.5) is 0 Å². The number of rotatable bonds is 6. The molecule has 0 spiro atoms. The van der Waals surface area contributed by atoms with Gasteiger partial charge in [-0.05, 0) is 58.9 Å². The smallest absolute Gasteiger partial charge is 0.0107 e. The molecule has 0 aromatic heterocycles. The number of likely N-dealkylation sites (tertiary alicyclic amines) is 1. The lowest BCUT2D eigenvalue weighted by Gasteiger charge is -2.33. The molecule has 2 heterocycles. The molecule has 2 saturated heterocycles. The maximum atomic E-state index is 3.42. The molecule has 2 aliphatic heterocycles. The minimum absolute atomic E-state index is 0.892. The molecule has 1 N–H and O–H groups in total. The van der Waals surface area contributed by atoms with Crippen LogP contribution in [0.5, 0.6) is 0 Å². The number of nitrogens with one attached hydrogen (secondary N) is 1. The Kier molecular flexibility index (Phi) is 6.57. The van der Waals surface area contributed by atoms with Crippen LogP contribution in [0.15, 0.2) is 0 Å². The molecule has 1 unspecified atom stereocenters. The summed E-state index contributed by atoms with van der Waals surface area (Å²) in [6, 6.07) is 0. The van der Waals surface area contributed by atoms with E-state index in [2.05, 4.69) is 34.1 Å². The lowest BCUT2D eigenvalue weighted by molar-refractivity contribution is 0.160. The van der Waals surface area contributed by atoms with Crippen LogP contribution in [-0.4, -0.2) is 87.7 Å². The Hall–Kier alpha value is -0.160. The minimum atomic E-state index is 0.892. The van der Waals surface area contributed by atoms with E-state index in [1.165, 1.54) is 78.2 Å². The molecule has 19 heavy (non-hydrogen) atoms. The first-order valence-corrected chi connectivity index (χ1v) is 8.04. The lowest BCUT2D eigenvalue weighted by atomic mass is 9.98. The Morgan fingerprint density at radius 2 is 2.00 bits per heavy atom. The van der Waals surface area contributed by atoms with E-state index in [9.17, 15) is 0 Å². The fourth-order valence-corrected chi connectivity index (χ4v) is 3.45. The third kappa shape index (κ3) is 5.78. The molecule has 0 amide bonds. The van der Waals surface area contributed by atoms with Crippen molar-refractivity contribution in [1.29, 1.82) is 0 Å². The summed E-state index contributed by atoms with van der Waals surface area (Å²) in [5, 5.41) is 3.42. The van der Waals surface area contributed by atoms with Crippen LogP contribution in [-0.2, 0) is 0 Å². The summed E-state index contributed by atoms with van der Waals surface area (Å²) >= 11 is 0. The van der Waals surface area contributed by atoms with Crippen LogP contribution < -0.4 is 5.32 Å². The zero-order chi connectivity index (χ0) is 13.5. The van der Waals surface area contributed by atoms with Crippen LogP contribution >= 0.6 is 0 Å². The van der Waals surface area contributed by atoms with Crippen LogP contribution in [0, 0.1) is 5.92 Å².